The second-order valence-corrected chi connectivity index (χ2v) is 17.4. The van der Waals surface area contributed by atoms with Crippen molar-refractivity contribution in [1.29, 1.82) is 0 Å². The van der Waals surface area contributed by atoms with Crippen LogP contribution in [0.4, 0.5) is 0 Å². The van der Waals surface area contributed by atoms with Gasteiger partial charge in [-0.15, -0.1) is 0 Å². The Bertz CT molecular complexity index is 3790. The third-order valence-corrected chi connectivity index (χ3v) is 13.8. The summed E-state index contributed by atoms with van der Waals surface area (Å²) >= 11 is 0. The molecule has 0 heteroatoms. The summed E-state index contributed by atoms with van der Waals surface area (Å²) < 4.78 is 21.2. The number of hydrogen-bond acceptors (Lipinski definition) is 0. The quantitative estimate of drug-likeness (QED) is 0.153. The van der Waals surface area contributed by atoms with Gasteiger partial charge in [-0.05, 0) is 156 Å². The molecule has 12 aromatic carbocycles. The van der Waals surface area contributed by atoms with Crippen LogP contribution in [0.15, 0.2) is 194 Å². The summed E-state index contributed by atoms with van der Waals surface area (Å²) in [5, 5.41) is 14.3. The molecule has 0 saturated heterocycles. The molecule has 1 aliphatic rings. The lowest BCUT2D eigenvalue weighted by atomic mass is 9.79. The Kier molecular flexibility index (Phi) is 6.53. The average Bonchev–Trinajstić information content (AvgIpc) is 3.53. The van der Waals surface area contributed by atoms with Crippen molar-refractivity contribution in [3.63, 3.8) is 0 Å². The molecule has 0 fully saturated rings. The molecule has 13 rings (SSSR count). The fourth-order valence-electron chi connectivity index (χ4n) is 10.9. The molecule has 0 aromatic heterocycles. The molecule has 0 heterocycles. The molecule has 0 amide bonds. The topological polar surface area (TPSA) is 0 Å². The van der Waals surface area contributed by atoms with Crippen molar-refractivity contribution in [2.45, 2.75) is 25.7 Å². The van der Waals surface area contributed by atoms with Gasteiger partial charge in [0.1, 0.15) is 0 Å². The normalized spacial score (nSPS) is 13.8. The first-order chi connectivity index (χ1) is 30.3. The summed E-state index contributed by atoms with van der Waals surface area (Å²) in [5.41, 5.74) is 12.5. The van der Waals surface area contributed by atoms with Crippen LogP contribution in [0.1, 0.15) is 38.8 Å². The van der Waals surface area contributed by atoms with Crippen molar-refractivity contribution in [3.8, 4) is 44.5 Å². The molecular formula is C60H40. The Morgan fingerprint density at radius 3 is 1.53 bits per heavy atom. The number of hydrogen-bond donors (Lipinski definition) is 0. The molecule has 0 radical (unpaired) electrons. The van der Waals surface area contributed by atoms with E-state index in [2.05, 4.69) is 196 Å². The standard InChI is InChI=1S/C60H40/c1-60(2)54-17-7-6-16-47(54)48-29-26-43(35-55(48)60)51-33-44(45-27-22-41-20-18-37-12-8-14-39-24-30-49(45)58(41)56(37)39)34-53(52(51)32-36-10-4-3-5-11-36)46-28-23-42-21-19-38-13-9-15-40-25-31-50(46)59(42)57(38)40/h3-31,33-35H,32H2,1-2H3/i33D,34D. The number of fused-ring (bicyclic) bond motifs is 3. The zero-order chi connectivity index (χ0) is 41.4. The monoisotopic (exact) mass is 762 g/mol. The summed E-state index contributed by atoms with van der Waals surface area (Å²) in [6.07, 6.45) is 0.574. The van der Waals surface area contributed by atoms with Crippen molar-refractivity contribution >= 4 is 64.6 Å². The van der Waals surface area contributed by atoms with Gasteiger partial charge in [0.05, 0.1) is 2.74 Å². The molecule has 0 saturated carbocycles. The molecule has 60 heavy (non-hydrogen) atoms. The van der Waals surface area contributed by atoms with Gasteiger partial charge in [-0.3, -0.25) is 0 Å². The van der Waals surface area contributed by atoms with Gasteiger partial charge in [0, 0.05) is 5.41 Å². The summed E-state index contributed by atoms with van der Waals surface area (Å²) in [6, 6.07) is 66.9. The summed E-state index contributed by atoms with van der Waals surface area (Å²) in [7, 11) is 0. The van der Waals surface area contributed by atoms with Gasteiger partial charge in [-0.25, -0.2) is 0 Å². The van der Waals surface area contributed by atoms with Gasteiger partial charge >= 0.3 is 0 Å². The van der Waals surface area contributed by atoms with E-state index in [1.807, 2.05) is 0 Å². The van der Waals surface area contributed by atoms with Crippen molar-refractivity contribution < 1.29 is 2.74 Å². The van der Waals surface area contributed by atoms with Gasteiger partial charge in [0.15, 0.2) is 0 Å². The zero-order valence-corrected chi connectivity index (χ0v) is 33.5. The van der Waals surface area contributed by atoms with E-state index in [-0.39, 0.29) is 5.41 Å². The maximum atomic E-state index is 10.6. The van der Waals surface area contributed by atoms with Gasteiger partial charge in [0.25, 0.3) is 0 Å². The van der Waals surface area contributed by atoms with Crippen LogP contribution < -0.4 is 0 Å². The zero-order valence-electron chi connectivity index (χ0n) is 35.5. The minimum Gasteiger partial charge on any atom is -0.0622 e. The van der Waals surface area contributed by atoms with Crippen molar-refractivity contribution in [3.05, 3.63) is 216 Å². The van der Waals surface area contributed by atoms with E-state index in [0.29, 0.717) is 24.1 Å². The molecule has 0 spiro atoms. The fourth-order valence-corrected chi connectivity index (χ4v) is 10.9. The maximum Gasteiger partial charge on any atom is 0.0636 e. The minimum absolute atomic E-state index is 0.219. The third kappa shape index (κ3) is 4.74. The predicted octanol–water partition coefficient (Wildman–Crippen LogP) is 16.4. The predicted molar refractivity (Wildman–Crippen MR) is 257 cm³/mol. The van der Waals surface area contributed by atoms with Gasteiger partial charge in [-0.1, -0.05) is 190 Å². The largest absolute Gasteiger partial charge is 0.0636 e. The van der Waals surface area contributed by atoms with Crippen LogP contribution in [0.3, 0.4) is 0 Å². The minimum atomic E-state index is -0.219. The first-order valence-corrected chi connectivity index (χ1v) is 21.1. The summed E-state index contributed by atoms with van der Waals surface area (Å²) in [6.45, 7) is 4.65. The highest BCUT2D eigenvalue weighted by Gasteiger charge is 2.35. The molecule has 0 nitrogen and oxygen atoms in total. The van der Waals surface area contributed by atoms with Gasteiger partial charge < -0.3 is 0 Å². The van der Waals surface area contributed by atoms with Crippen LogP contribution in [0.2, 0.25) is 0 Å². The Morgan fingerprint density at radius 2 is 0.867 bits per heavy atom. The van der Waals surface area contributed by atoms with Crippen molar-refractivity contribution in [2.24, 2.45) is 0 Å². The SMILES string of the molecule is [2H]c1c(-c2ccc3ccc4cccc5ccc2c3c45)c([2H])c(-c2ccc3ccc4cccc5ccc2c3c45)c(Cc2ccccc2)c1-c1ccc2c(c1)C(C)(C)c1ccccc1-2. The van der Waals surface area contributed by atoms with Gasteiger partial charge in [0.2, 0.25) is 0 Å². The molecule has 0 atom stereocenters. The maximum absolute atomic E-state index is 10.6. The van der Waals surface area contributed by atoms with E-state index < -0.39 is 0 Å². The Labute approximate surface area is 352 Å². The van der Waals surface area contributed by atoms with E-state index in [0.717, 1.165) is 49.7 Å². The molecule has 12 aromatic rings. The summed E-state index contributed by atoms with van der Waals surface area (Å²) in [5.74, 6) is 0. The smallest absolute Gasteiger partial charge is 0.0622 e. The lowest BCUT2D eigenvalue weighted by Crippen LogP contribution is -2.15. The van der Waals surface area contributed by atoms with Crippen molar-refractivity contribution in [2.75, 3.05) is 0 Å². The highest BCUT2D eigenvalue weighted by atomic mass is 14.4. The molecule has 1 aliphatic carbocycles. The lowest BCUT2D eigenvalue weighted by molar-refractivity contribution is 0.660. The summed E-state index contributed by atoms with van der Waals surface area (Å²) in [4.78, 5) is 0. The Hall–Kier alpha value is -7.28. The van der Waals surface area contributed by atoms with Crippen molar-refractivity contribution in [1.82, 2.24) is 0 Å². The van der Waals surface area contributed by atoms with Crippen LogP contribution in [0.25, 0.3) is 109 Å². The number of benzene rings is 12. The van der Waals surface area contributed by atoms with E-state index in [1.165, 1.54) is 76.1 Å². The number of rotatable bonds is 5. The van der Waals surface area contributed by atoms with Crippen LogP contribution in [0, 0.1) is 0 Å². The molecule has 0 unspecified atom stereocenters. The highest BCUT2D eigenvalue weighted by molar-refractivity contribution is 6.27. The van der Waals surface area contributed by atoms with E-state index >= 15 is 0 Å². The molecular weight excluding hydrogens is 721 g/mol. The molecule has 280 valence electrons. The second-order valence-electron chi connectivity index (χ2n) is 17.4. The highest BCUT2D eigenvalue weighted by Crippen LogP contribution is 2.51. The molecule has 0 N–H and O–H groups in total. The molecule has 0 bridgehead atoms. The van der Waals surface area contributed by atoms with Crippen LogP contribution in [-0.2, 0) is 11.8 Å². The van der Waals surface area contributed by atoms with E-state index in [4.69, 9.17) is 0 Å². The van der Waals surface area contributed by atoms with E-state index in [1.54, 1.807) is 0 Å². The van der Waals surface area contributed by atoms with Gasteiger partial charge in [-0.2, -0.15) is 0 Å². The first kappa shape index (κ1) is 31.7. The third-order valence-electron chi connectivity index (χ3n) is 13.8. The molecule has 0 aliphatic heterocycles. The van der Waals surface area contributed by atoms with E-state index in [9.17, 15) is 2.74 Å². The Balaban J connectivity index is 1.19. The Morgan fingerprint density at radius 1 is 0.367 bits per heavy atom. The van der Waals surface area contributed by atoms with Crippen LogP contribution in [-0.4, -0.2) is 0 Å². The first-order valence-electron chi connectivity index (χ1n) is 22.1. The fraction of sp³-hybridized carbons (Fsp3) is 0.0667. The average molecular weight is 763 g/mol. The van der Waals surface area contributed by atoms with Crippen LogP contribution in [0.5, 0.6) is 0 Å². The van der Waals surface area contributed by atoms with Crippen LogP contribution >= 0.6 is 0 Å². The lowest BCUT2D eigenvalue weighted by Gasteiger charge is -2.24. The second kappa shape index (κ2) is 12.4.